The van der Waals surface area contributed by atoms with Crippen LogP contribution in [0, 0.1) is 11.6 Å². The molecule has 0 fully saturated rings. The zero-order chi connectivity index (χ0) is 23.9. The normalized spacial score (nSPS) is 10.6. The lowest BCUT2D eigenvalue weighted by Gasteiger charge is -2.22. The molecular weight excluding hydrogens is 456 g/mol. The molecular formula is C26H21F2N3O2S. The lowest BCUT2D eigenvalue weighted by Crippen LogP contribution is -2.30. The first-order valence-corrected chi connectivity index (χ1v) is 11.4. The smallest absolute Gasteiger partial charge is 0.271 e. The fourth-order valence-corrected chi connectivity index (χ4v) is 4.09. The fourth-order valence-electron chi connectivity index (χ4n) is 3.30. The number of nitrogens with one attached hydrogen (secondary N) is 1. The third kappa shape index (κ3) is 6.11. The van der Waals surface area contributed by atoms with Crippen LogP contribution in [0.2, 0.25) is 0 Å². The maximum absolute atomic E-state index is 13.3. The van der Waals surface area contributed by atoms with Gasteiger partial charge in [0.2, 0.25) is 0 Å². The fraction of sp³-hybridized carbons (Fsp3) is 0.115. The number of hydrogen-bond acceptors (Lipinski definition) is 4. The molecule has 1 heterocycles. The van der Waals surface area contributed by atoms with Gasteiger partial charge in [-0.1, -0.05) is 42.5 Å². The van der Waals surface area contributed by atoms with E-state index in [1.807, 2.05) is 6.07 Å². The van der Waals surface area contributed by atoms with Crippen LogP contribution in [0.4, 0.5) is 8.78 Å². The number of nitrogens with zero attached hydrogens (tertiary/aromatic N) is 2. The van der Waals surface area contributed by atoms with E-state index in [-0.39, 0.29) is 48.8 Å². The number of carbonyl (C=O) groups excluding carboxylic acids is 2. The summed E-state index contributed by atoms with van der Waals surface area (Å²) in [5.74, 6) is -1.23. The van der Waals surface area contributed by atoms with E-state index in [0.29, 0.717) is 10.6 Å². The van der Waals surface area contributed by atoms with Crippen molar-refractivity contribution >= 4 is 23.2 Å². The van der Waals surface area contributed by atoms with Crippen molar-refractivity contribution in [3.8, 4) is 0 Å². The molecule has 0 unspecified atom stereocenters. The molecule has 0 radical (unpaired) electrons. The van der Waals surface area contributed by atoms with Gasteiger partial charge >= 0.3 is 0 Å². The third-order valence-corrected chi connectivity index (χ3v) is 5.91. The predicted molar refractivity (Wildman–Crippen MR) is 126 cm³/mol. The van der Waals surface area contributed by atoms with E-state index in [4.69, 9.17) is 0 Å². The van der Waals surface area contributed by atoms with Crippen LogP contribution in [0.25, 0.3) is 0 Å². The van der Waals surface area contributed by atoms with Gasteiger partial charge in [0.05, 0.1) is 6.54 Å². The topological polar surface area (TPSA) is 62.3 Å². The second kappa shape index (κ2) is 10.8. The largest absolute Gasteiger partial charge is 0.347 e. The average Bonchev–Trinajstić information content (AvgIpc) is 3.33. The number of carbonyl (C=O) groups is 2. The Balaban J connectivity index is 1.46. The molecule has 0 atom stereocenters. The molecule has 0 aliphatic rings. The van der Waals surface area contributed by atoms with E-state index in [1.54, 1.807) is 58.8 Å². The van der Waals surface area contributed by atoms with Crippen molar-refractivity contribution in [3.63, 3.8) is 0 Å². The van der Waals surface area contributed by atoms with Crippen LogP contribution in [-0.2, 0) is 19.6 Å². The van der Waals surface area contributed by atoms with Crippen LogP contribution in [0.1, 0.15) is 37.0 Å². The van der Waals surface area contributed by atoms with Gasteiger partial charge < -0.3 is 10.2 Å². The quantitative estimate of drug-likeness (QED) is 0.380. The minimum atomic E-state index is -0.355. The van der Waals surface area contributed by atoms with Gasteiger partial charge in [0.25, 0.3) is 11.8 Å². The summed E-state index contributed by atoms with van der Waals surface area (Å²) in [4.78, 5) is 31.7. The summed E-state index contributed by atoms with van der Waals surface area (Å²) in [5.41, 5.74) is 2.32. The monoisotopic (exact) mass is 477 g/mol. The number of halogens is 2. The SMILES string of the molecule is O=C(NCc1ccc(F)cc1)c1csc(CN(Cc2ccc(F)cc2)C(=O)c2ccccc2)n1. The summed E-state index contributed by atoms with van der Waals surface area (Å²) >= 11 is 1.28. The van der Waals surface area contributed by atoms with Crippen LogP contribution in [0.5, 0.6) is 0 Å². The lowest BCUT2D eigenvalue weighted by atomic mass is 10.1. The third-order valence-electron chi connectivity index (χ3n) is 5.07. The molecule has 34 heavy (non-hydrogen) atoms. The van der Waals surface area contributed by atoms with Crippen molar-refractivity contribution in [3.05, 3.63) is 123 Å². The highest BCUT2D eigenvalue weighted by atomic mass is 32.1. The molecule has 0 saturated carbocycles. The van der Waals surface area contributed by atoms with E-state index in [0.717, 1.165) is 11.1 Å². The molecule has 2 amide bonds. The molecule has 0 spiro atoms. The molecule has 0 bridgehead atoms. The Hall–Kier alpha value is -3.91. The standard InChI is InChI=1S/C26H21F2N3O2S/c27-21-10-6-18(7-11-21)14-29-25(32)23-17-34-24(30-23)16-31(15-19-8-12-22(28)13-9-19)26(33)20-4-2-1-3-5-20/h1-13,17H,14-16H2,(H,29,32). The Morgan fingerprint density at radius 3 is 2.09 bits per heavy atom. The van der Waals surface area contributed by atoms with Crippen molar-refractivity contribution in [1.82, 2.24) is 15.2 Å². The Labute approximate surface area is 199 Å². The minimum absolute atomic E-state index is 0.192. The van der Waals surface area contributed by atoms with Gasteiger partial charge in [-0.05, 0) is 47.5 Å². The van der Waals surface area contributed by atoms with E-state index >= 15 is 0 Å². The van der Waals surface area contributed by atoms with Crippen LogP contribution in [0.3, 0.4) is 0 Å². The van der Waals surface area contributed by atoms with Crippen LogP contribution in [0.15, 0.2) is 84.2 Å². The second-order valence-electron chi connectivity index (χ2n) is 7.59. The highest BCUT2D eigenvalue weighted by molar-refractivity contribution is 7.09. The molecule has 3 aromatic carbocycles. The number of thiazole rings is 1. The van der Waals surface area contributed by atoms with Crippen molar-refractivity contribution in [2.24, 2.45) is 0 Å². The number of amides is 2. The molecule has 4 rings (SSSR count). The summed E-state index contributed by atoms with van der Waals surface area (Å²) < 4.78 is 26.4. The maximum Gasteiger partial charge on any atom is 0.271 e. The molecule has 1 aromatic heterocycles. The van der Waals surface area contributed by atoms with Gasteiger partial charge in [0.15, 0.2) is 0 Å². The molecule has 172 valence electrons. The molecule has 0 saturated heterocycles. The summed E-state index contributed by atoms with van der Waals surface area (Å²) in [6.45, 7) is 0.704. The molecule has 5 nitrogen and oxygen atoms in total. The van der Waals surface area contributed by atoms with Crippen LogP contribution >= 0.6 is 11.3 Å². The second-order valence-corrected chi connectivity index (χ2v) is 8.53. The van der Waals surface area contributed by atoms with Gasteiger partial charge in [-0.3, -0.25) is 9.59 Å². The molecule has 8 heteroatoms. The number of rotatable bonds is 8. The summed E-state index contributed by atoms with van der Waals surface area (Å²) in [5, 5.41) is 4.99. The van der Waals surface area contributed by atoms with Crippen molar-refractivity contribution in [2.45, 2.75) is 19.6 Å². The lowest BCUT2D eigenvalue weighted by molar-refractivity contribution is 0.0730. The van der Waals surface area contributed by atoms with Gasteiger partial charge in [-0.15, -0.1) is 11.3 Å². The van der Waals surface area contributed by atoms with E-state index in [2.05, 4.69) is 10.3 Å². The van der Waals surface area contributed by atoms with Gasteiger partial charge in [-0.25, -0.2) is 13.8 Å². The zero-order valence-corrected chi connectivity index (χ0v) is 18.9. The van der Waals surface area contributed by atoms with Gasteiger partial charge in [0, 0.05) is 24.0 Å². The maximum atomic E-state index is 13.3. The van der Waals surface area contributed by atoms with Crippen molar-refractivity contribution < 1.29 is 18.4 Å². The number of benzene rings is 3. The van der Waals surface area contributed by atoms with E-state index in [1.165, 1.54) is 35.6 Å². The summed E-state index contributed by atoms with van der Waals surface area (Å²) in [6, 6.07) is 20.7. The Morgan fingerprint density at radius 2 is 1.44 bits per heavy atom. The van der Waals surface area contributed by atoms with Crippen molar-refractivity contribution in [1.29, 1.82) is 0 Å². The van der Waals surface area contributed by atoms with Crippen LogP contribution in [-0.4, -0.2) is 21.7 Å². The molecule has 4 aromatic rings. The van der Waals surface area contributed by atoms with Crippen LogP contribution < -0.4 is 5.32 Å². The average molecular weight is 478 g/mol. The molecule has 1 N–H and O–H groups in total. The van der Waals surface area contributed by atoms with Crippen molar-refractivity contribution in [2.75, 3.05) is 0 Å². The molecule has 0 aliphatic heterocycles. The Morgan fingerprint density at radius 1 is 0.824 bits per heavy atom. The Kier molecular flexibility index (Phi) is 7.39. The highest BCUT2D eigenvalue weighted by Gasteiger charge is 2.19. The Bertz CT molecular complexity index is 1260. The number of aromatic nitrogens is 1. The summed E-state index contributed by atoms with van der Waals surface area (Å²) in [7, 11) is 0. The highest BCUT2D eigenvalue weighted by Crippen LogP contribution is 2.18. The van der Waals surface area contributed by atoms with E-state index in [9.17, 15) is 18.4 Å². The zero-order valence-electron chi connectivity index (χ0n) is 18.1. The first kappa shape index (κ1) is 23.3. The van der Waals surface area contributed by atoms with Gasteiger partial charge in [-0.2, -0.15) is 0 Å². The first-order chi connectivity index (χ1) is 16.5. The minimum Gasteiger partial charge on any atom is -0.347 e. The van der Waals surface area contributed by atoms with Gasteiger partial charge in [0.1, 0.15) is 22.3 Å². The number of hydrogen-bond donors (Lipinski definition) is 1. The predicted octanol–water partition coefficient (Wildman–Crippen LogP) is 5.19. The summed E-state index contributed by atoms with van der Waals surface area (Å²) in [6.07, 6.45) is 0. The molecule has 0 aliphatic carbocycles. The first-order valence-electron chi connectivity index (χ1n) is 10.5. The van der Waals surface area contributed by atoms with E-state index < -0.39 is 0 Å².